The molecule has 2 heteroatoms. The largest absolute Gasteiger partial charge is 0.486 e. The van der Waals surface area contributed by atoms with E-state index in [0.717, 1.165) is 42.8 Å². The third-order valence-electron chi connectivity index (χ3n) is 6.85. The minimum atomic E-state index is -0.0412. The summed E-state index contributed by atoms with van der Waals surface area (Å²) in [5.74, 6) is 3.60. The number of ether oxygens (including phenoxy) is 1. The number of carbonyl (C=O) groups is 1. The van der Waals surface area contributed by atoms with Gasteiger partial charge < -0.3 is 4.74 Å². The highest BCUT2D eigenvalue weighted by atomic mass is 16.5. The SMILES string of the molecule is O=C(COc1ccc(-c2ccccc2)cc1)C12CC3CC(C1)C(C3)C2. The summed E-state index contributed by atoms with van der Waals surface area (Å²) in [6.45, 7) is 0.233. The summed E-state index contributed by atoms with van der Waals surface area (Å²) in [6, 6.07) is 18.4. The Morgan fingerprint density at radius 2 is 1.52 bits per heavy atom. The lowest BCUT2D eigenvalue weighted by atomic mass is 9.67. The van der Waals surface area contributed by atoms with E-state index in [-0.39, 0.29) is 12.0 Å². The standard InChI is InChI=1S/C23H24O2/c24-22(23-12-16-10-19(13-23)20(11-16)14-23)15-25-21-8-6-18(7-9-21)17-4-2-1-3-5-17/h1-9,16,19-20H,10-15H2. The number of hydrogen-bond donors (Lipinski definition) is 0. The predicted octanol–water partition coefficient (Wildman–Crippen LogP) is 5.13. The van der Waals surface area contributed by atoms with E-state index >= 15 is 0 Å². The van der Waals surface area contributed by atoms with Crippen LogP contribution in [-0.2, 0) is 4.79 Å². The second-order valence-electron chi connectivity index (χ2n) is 8.35. The van der Waals surface area contributed by atoms with Crippen LogP contribution < -0.4 is 4.74 Å². The Hall–Kier alpha value is -2.09. The third kappa shape index (κ3) is 2.59. The molecule has 2 atom stereocenters. The Labute approximate surface area is 149 Å². The number of carbonyl (C=O) groups excluding carboxylic acids is 1. The molecule has 0 saturated heterocycles. The molecule has 128 valence electrons. The normalized spacial score (nSPS) is 32.1. The van der Waals surface area contributed by atoms with Crippen LogP contribution in [0.2, 0.25) is 0 Å². The molecule has 0 N–H and O–H groups in total. The van der Waals surface area contributed by atoms with Crippen molar-refractivity contribution in [3.63, 3.8) is 0 Å². The van der Waals surface area contributed by atoms with Crippen molar-refractivity contribution in [2.45, 2.75) is 32.1 Å². The number of Topliss-reactive ketones (excluding diaryl/α,β-unsaturated/α-hetero) is 1. The lowest BCUT2D eigenvalue weighted by Gasteiger charge is -2.36. The van der Waals surface area contributed by atoms with Crippen molar-refractivity contribution >= 4 is 5.78 Å². The van der Waals surface area contributed by atoms with Crippen molar-refractivity contribution in [2.75, 3.05) is 6.61 Å². The maximum Gasteiger partial charge on any atom is 0.176 e. The zero-order valence-corrected chi connectivity index (χ0v) is 14.5. The van der Waals surface area contributed by atoms with Gasteiger partial charge in [-0.3, -0.25) is 4.79 Å². The van der Waals surface area contributed by atoms with Gasteiger partial charge in [-0.1, -0.05) is 42.5 Å². The van der Waals surface area contributed by atoms with Crippen LogP contribution >= 0.6 is 0 Å². The van der Waals surface area contributed by atoms with Gasteiger partial charge in [-0.15, -0.1) is 0 Å². The summed E-state index contributed by atoms with van der Waals surface area (Å²) in [4.78, 5) is 12.9. The van der Waals surface area contributed by atoms with Crippen molar-refractivity contribution in [2.24, 2.45) is 23.2 Å². The van der Waals surface area contributed by atoms with E-state index in [0.29, 0.717) is 5.78 Å². The second-order valence-corrected chi connectivity index (χ2v) is 8.35. The number of rotatable bonds is 5. The minimum absolute atomic E-state index is 0.0412. The van der Waals surface area contributed by atoms with Gasteiger partial charge in [-0.25, -0.2) is 0 Å². The van der Waals surface area contributed by atoms with Crippen LogP contribution in [-0.4, -0.2) is 12.4 Å². The maximum absolute atomic E-state index is 12.9. The Morgan fingerprint density at radius 1 is 0.880 bits per heavy atom. The first-order valence-electron chi connectivity index (χ1n) is 9.53. The van der Waals surface area contributed by atoms with E-state index < -0.39 is 0 Å². The summed E-state index contributed by atoms with van der Waals surface area (Å²) in [5, 5.41) is 0. The Bertz CT molecular complexity index is 758. The highest BCUT2D eigenvalue weighted by Gasteiger charge is 2.58. The minimum Gasteiger partial charge on any atom is -0.486 e. The van der Waals surface area contributed by atoms with Gasteiger partial charge in [-0.05, 0) is 73.1 Å². The molecular weight excluding hydrogens is 308 g/mol. The van der Waals surface area contributed by atoms with Crippen molar-refractivity contribution in [3.05, 3.63) is 54.6 Å². The van der Waals surface area contributed by atoms with Crippen molar-refractivity contribution < 1.29 is 9.53 Å². The van der Waals surface area contributed by atoms with Crippen molar-refractivity contribution in [1.29, 1.82) is 0 Å². The molecule has 4 bridgehead atoms. The highest BCUT2D eigenvalue weighted by Crippen LogP contribution is 2.64. The molecular formula is C23H24O2. The highest BCUT2D eigenvalue weighted by molar-refractivity contribution is 5.87. The molecule has 0 spiro atoms. The topological polar surface area (TPSA) is 26.3 Å². The van der Waals surface area contributed by atoms with Crippen LogP contribution in [0.15, 0.2) is 54.6 Å². The monoisotopic (exact) mass is 332 g/mol. The molecule has 2 nitrogen and oxygen atoms in total. The summed E-state index contributed by atoms with van der Waals surface area (Å²) in [6.07, 6.45) is 6.13. The van der Waals surface area contributed by atoms with E-state index in [2.05, 4.69) is 24.3 Å². The Morgan fingerprint density at radius 3 is 2.16 bits per heavy atom. The molecule has 4 aliphatic carbocycles. The summed E-state index contributed by atoms with van der Waals surface area (Å²) in [7, 11) is 0. The molecule has 2 aromatic rings. The Balaban J connectivity index is 1.24. The van der Waals surface area contributed by atoms with Crippen LogP contribution in [0.4, 0.5) is 0 Å². The summed E-state index contributed by atoms with van der Waals surface area (Å²) in [5.41, 5.74) is 2.33. The lowest BCUT2D eigenvalue weighted by Crippen LogP contribution is -2.38. The summed E-state index contributed by atoms with van der Waals surface area (Å²) < 4.78 is 5.86. The van der Waals surface area contributed by atoms with Crippen molar-refractivity contribution in [3.8, 4) is 16.9 Å². The lowest BCUT2D eigenvalue weighted by molar-refractivity contribution is -0.133. The number of hydrogen-bond acceptors (Lipinski definition) is 2. The molecule has 2 aromatic carbocycles. The fourth-order valence-corrected chi connectivity index (χ4v) is 5.83. The zero-order chi connectivity index (χ0) is 16.9. The molecule has 4 aliphatic rings. The molecule has 0 aliphatic heterocycles. The van der Waals surface area contributed by atoms with E-state index in [1.807, 2.05) is 30.3 Å². The van der Waals surface area contributed by atoms with E-state index in [1.165, 1.54) is 24.0 Å². The van der Waals surface area contributed by atoms with E-state index in [1.54, 1.807) is 0 Å². The molecule has 6 rings (SSSR count). The molecule has 4 saturated carbocycles. The van der Waals surface area contributed by atoms with Crippen molar-refractivity contribution in [1.82, 2.24) is 0 Å². The molecule has 0 amide bonds. The van der Waals surface area contributed by atoms with Gasteiger partial charge in [-0.2, -0.15) is 0 Å². The quantitative estimate of drug-likeness (QED) is 0.759. The third-order valence-corrected chi connectivity index (χ3v) is 6.85. The van der Waals surface area contributed by atoms with Crippen LogP contribution in [0, 0.1) is 23.2 Å². The number of ketones is 1. The van der Waals surface area contributed by atoms with E-state index in [9.17, 15) is 4.79 Å². The second kappa shape index (κ2) is 5.72. The average molecular weight is 332 g/mol. The van der Waals surface area contributed by atoms with Gasteiger partial charge in [0.05, 0.1) is 0 Å². The zero-order valence-electron chi connectivity index (χ0n) is 14.5. The average Bonchev–Trinajstić information content (AvgIpc) is 3.08. The van der Waals surface area contributed by atoms with E-state index in [4.69, 9.17) is 4.74 Å². The molecule has 25 heavy (non-hydrogen) atoms. The smallest absolute Gasteiger partial charge is 0.176 e. The molecule has 4 fully saturated rings. The van der Waals surface area contributed by atoms with Gasteiger partial charge in [0.2, 0.25) is 0 Å². The molecule has 0 radical (unpaired) electrons. The first-order valence-corrected chi connectivity index (χ1v) is 9.53. The maximum atomic E-state index is 12.9. The van der Waals surface area contributed by atoms with Gasteiger partial charge in [0.15, 0.2) is 5.78 Å². The van der Waals surface area contributed by atoms with Crippen LogP contribution in [0.1, 0.15) is 32.1 Å². The van der Waals surface area contributed by atoms with Gasteiger partial charge in [0, 0.05) is 5.41 Å². The van der Waals surface area contributed by atoms with Gasteiger partial charge in [0.1, 0.15) is 12.4 Å². The fraction of sp³-hybridized carbons (Fsp3) is 0.435. The first kappa shape index (κ1) is 15.2. The molecule has 2 unspecified atom stereocenters. The van der Waals surface area contributed by atoms with Crippen LogP contribution in [0.3, 0.4) is 0 Å². The number of benzene rings is 2. The first-order chi connectivity index (χ1) is 12.2. The summed E-state index contributed by atoms with van der Waals surface area (Å²) >= 11 is 0. The fourth-order valence-electron chi connectivity index (χ4n) is 5.83. The van der Waals surface area contributed by atoms with Crippen LogP contribution in [0.5, 0.6) is 5.75 Å². The van der Waals surface area contributed by atoms with Gasteiger partial charge >= 0.3 is 0 Å². The van der Waals surface area contributed by atoms with Gasteiger partial charge in [0.25, 0.3) is 0 Å². The predicted molar refractivity (Wildman–Crippen MR) is 98.4 cm³/mol. The van der Waals surface area contributed by atoms with Crippen LogP contribution in [0.25, 0.3) is 11.1 Å². The Kier molecular flexibility index (Phi) is 3.48. The molecule has 0 heterocycles. The molecule has 0 aromatic heterocycles.